The summed E-state index contributed by atoms with van der Waals surface area (Å²) in [5, 5.41) is 15.8. The third-order valence-corrected chi connectivity index (χ3v) is 1.64. The molecule has 1 rings (SSSR count). The van der Waals surface area contributed by atoms with Gasteiger partial charge in [0.1, 0.15) is 6.33 Å². The molecule has 1 unspecified atom stereocenters. The van der Waals surface area contributed by atoms with Crippen LogP contribution in [-0.2, 0) is 11.2 Å². The Balaban J connectivity index is 2.62. The number of carboxylic acid groups (broad SMARTS) is 1. The highest BCUT2D eigenvalue weighted by molar-refractivity contribution is 5.70. The average molecular weight is 182 g/mol. The maximum Gasteiger partial charge on any atom is 0.308 e. The largest absolute Gasteiger partial charge is 0.481 e. The van der Waals surface area contributed by atoms with E-state index >= 15 is 0 Å². The van der Waals surface area contributed by atoms with Gasteiger partial charge in [0.05, 0.1) is 17.8 Å². The van der Waals surface area contributed by atoms with E-state index in [1.807, 2.05) is 0 Å². The Bertz CT molecular complexity index is 277. The zero-order valence-corrected chi connectivity index (χ0v) is 6.92. The van der Waals surface area contributed by atoms with Gasteiger partial charge in [-0.05, 0) is 0 Å². The van der Waals surface area contributed by atoms with E-state index in [1.165, 1.54) is 12.5 Å². The summed E-state index contributed by atoms with van der Waals surface area (Å²) < 4.78 is 0. The molecule has 0 amide bonds. The van der Waals surface area contributed by atoms with Gasteiger partial charge < -0.3 is 10.8 Å². The lowest BCUT2D eigenvalue weighted by molar-refractivity contribution is -0.141. The minimum atomic E-state index is -0.916. The van der Waals surface area contributed by atoms with Crippen LogP contribution in [0.3, 0.4) is 0 Å². The van der Waals surface area contributed by atoms with Crippen LogP contribution >= 0.6 is 0 Å². The molecule has 13 heavy (non-hydrogen) atoms. The van der Waals surface area contributed by atoms with Crippen LogP contribution in [0.1, 0.15) is 5.69 Å². The van der Waals surface area contributed by atoms with E-state index < -0.39 is 11.9 Å². The molecule has 1 aromatic heterocycles. The Morgan fingerprint density at radius 1 is 1.62 bits per heavy atom. The van der Waals surface area contributed by atoms with Crippen LogP contribution in [0.15, 0.2) is 12.5 Å². The van der Waals surface area contributed by atoms with Gasteiger partial charge >= 0.3 is 5.97 Å². The van der Waals surface area contributed by atoms with E-state index in [9.17, 15) is 4.79 Å². The highest BCUT2D eigenvalue weighted by Crippen LogP contribution is 2.03. The molecule has 0 bridgehead atoms. The molecule has 0 aliphatic rings. The number of hydrogen-bond acceptors (Lipinski definition) is 5. The number of aromatic nitrogens is 3. The highest BCUT2D eigenvalue weighted by Gasteiger charge is 2.16. The summed E-state index contributed by atoms with van der Waals surface area (Å²) in [5.41, 5.74) is 5.87. The fourth-order valence-corrected chi connectivity index (χ4v) is 0.892. The number of rotatable bonds is 4. The SMILES string of the molecule is NCC(Cc1cnncn1)C(=O)O. The van der Waals surface area contributed by atoms with Gasteiger partial charge in [0, 0.05) is 13.0 Å². The van der Waals surface area contributed by atoms with Crippen molar-refractivity contribution in [3.8, 4) is 0 Å². The van der Waals surface area contributed by atoms with Crippen molar-refractivity contribution in [3.05, 3.63) is 18.2 Å². The predicted molar refractivity (Wildman–Crippen MR) is 43.7 cm³/mol. The molecule has 0 spiro atoms. The van der Waals surface area contributed by atoms with Crippen molar-refractivity contribution in [1.82, 2.24) is 15.2 Å². The van der Waals surface area contributed by atoms with Crippen molar-refractivity contribution in [2.24, 2.45) is 11.7 Å². The Morgan fingerprint density at radius 2 is 2.38 bits per heavy atom. The summed E-state index contributed by atoms with van der Waals surface area (Å²) in [5.74, 6) is -1.52. The molecule has 6 nitrogen and oxygen atoms in total. The lowest BCUT2D eigenvalue weighted by Gasteiger charge is -2.07. The normalized spacial score (nSPS) is 12.4. The molecule has 0 saturated heterocycles. The number of carboxylic acids is 1. The number of aliphatic carboxylic acids is 1. The molecular formula is C7H10N4O2. The topological polar surface area (TPSA) is 102 Å². The van der Waals surface area contributed by atoms with Gasteiger partial charge in [0.2, 0.25) is 0 Å². The quantitative estimate of drug-likeness (QED) is 0.624. The summed E-state index contributed by atoms with van der Waals surface area (Å²) in [6.07, 6.45) is 3.01. The van der Waals surface area contributed by atoms with Crippen molar-refractivity contribution in [3.63, 3.8) is 0 Å². The molecule has 0 fully saturated rings. The fraction of sp³-hybridized carbons (Fsp3) is 0.429. The standard InChI is InChI=1S/C7H10N4O2/c8-2-5(7(12)13)1-6-3-10-11-4-9-6/h3-5H,1-2,8H2,(H,12,13). The maximum atomic E-state index is 10.6. The first-order chi connectivity index (χ1) is 6.24. The number of nitrogens with zero attached hydrogens (tertiary/aromatic N) is 3. The molecule has 1 heterocycles. The minimum Gasteiger partial charge on any atom is -0.481 e. The molecule has 1 atom stereocenters. The fourth-order valence-electron chi connectivity index (χ4n) is 0.892. The molecule has 1 aromatic rings. The van der Waals surface area contributed by atoms with Crippen LogP contribution < -0.4 is 5.73 Å². The van der Waals surface area contributed by atoms with E-state index in [2.05, 4.69) is 15.2 Å². The van der Waals surface area contributed by atoms with Gasteiger partial charge in [0.15, 0.2) is 0 Å². The molecule has 0 saturated carbocycles. The predicted octanol–water partition coefficient (Wildman–Crippen LogP) is -0.926. The smallest absolute Gasteiger partial charge is 0.308 e. The lowest BCUT2D eigenvalue weighted by Crippen LogP contribution is -2.25. The van der Waals surface area contributed by atoms with Crippen molar-refractivity contribution in [1.29, 1.82) is 0 Å². The van der Waals surface area contributed by atoms with E-state index in [1.54, 1.807) is 0 Å². The monoisotopic (exact) mass is 182 g/mol. The summed E-state index contributed by atoms with van der Waals surface area (Å²) >= 11 is 0. The number of hydrogen-bond donors (Lipinski definition) is 2. The Morgan fingerprint density at radius 3 is 2.85 bits per heavy atom. The highest BCUT2D eigenvalue weighted by atomic mass is 16.4. The number of carbonyl (C=O) groups is 1. The van der Waals surface area contributed by atoms with Crippen LogP contribution in [0.25, 0.3) is 0 Å². The van der Waals surface area contributed by atoms with Crippen LogP contribution in [0, 0.1) is 5.92 Å². The van der Waals surface area contributed by atoms with Crippen LogP contribution in [0.2, 0.25) is 0 Å². The van der Waals surface area contributed by atoms with Crippen molar-refractivity contribution >= 4 is 5.97 Å². The minimum absolute atomic E-state index is 0.0966. The van der Waals surface area contributed by atoms with Crippen molar-refractivity contribution in [2.45, 2.75) is 6.42 Å². The van der Waals surface area contributed by atoms with Gasteiger partial charge in [-0.2, -0.15) is 5.10 Å². The van der Waals surface area contributed by atoms with E-state index in [0.717, 1.165) is 0 Å². The molecule has 0 aromatic carbocycles. The van der Waals surface area contributed by atoms with Gasteiger partial charge in [0.25, 0.3) is 0 Å². The van der Waals surface area contributed by atoms with E-state index in [0.29, 0.717) is 12.1 Å². The first kappa shape index (κ1) is 9.53. The van der Waals surface area contributed by atoms with Crippen LogP contribution in [0.4, 0.5) is 0 Å². The third kappa shape index (κ3) is 2.75. The molecular weight excluding hydrogens is 172 g/mol. The Kier molecular flexibility index (Phi) is 3.27. The first-order valence-electron chi connectivity index (χ1n) is 3.78. The van der Waals surface area contributed by atoms with Crippen molar-refractivity contribution < 1.29 is 9.90 Å². The number of nitrogens with two attached hydrogens (primary N) is 1. The Labute approximate surface area is 74.8 Å². The van der Waals surface area contributed by atoms with Gasteiger partial charge in [-0.1, -0.05) is 0 Å². The molecule has 70 valence electrons. The molecule has 6 heteroatoms. The third-order valence-electron chi connectivity index (χ3n) is 1.64. The van der Waals surface area contributed by atoms with E-state index in [-0.39, 0.29) is 6.54 Å². The van der Waals surface area contributed by atoms with Gasteiger partial charge in [-0.25, -0.2) is 4.98 Å². The van der Waals surface area contributed by atoms with E-state index in [4.69, 9.17) is 10.8 Å². The summed E-state index contributed by atoms with van der Waals surface area (Å²) in [7, 11) is 0. The average Bonchev–Trinajstić information content (AvgIpc) is 2.15. The molecule has 0 aliphatic heterocycles. The second-order valence-electron chi connectivity index (χ2n) is 2.57. The second kappa shape index (κ2) is 4.46. The lowest BCUT2D eigenvalue weighted by atomic mass is 10.0. The maximum absolute atomic E-state index is 10.6. The first-order valence-corrected chi connectivity index (χ1v) is 3.78. The van der Waals surface area contributed by atoms with Crippen LogP contribution in [-0.4, -0.2) is 32.8 Å². The van der Waals surface area contributed by atoms with Crippen molar-refractivity contribution in [2.75, 3.05) is 6.54 Å². The Hall–Kier alpha value is -1.56. The zero-order valence-electron chi connectivity index (χ0n) is 6.92. The summed E-state index contributed by atoms with van der Waals surface area (Å²) in [4.78, 5) is 14.4. The molecule has 0 aliphatic carbocycles. The van der Waals surface area contributed by atoms with Gasteiger partial charge in [-0.15, -0.1) is 5.10 Å². The molecule has 0 radical (unpaired) electrons. The van der Waals surface area contributed by atoms with Gasteiger partial charge in [-0.3, -0.25) is 4.79 Å². The molecule has 3 N–H and O–H groups in total. The van der Waals surface area contributed by atoms with Crippen LogP contribution in [0.5, 0.6) is 0 Å². The summed E-state index contributed by atoms with van der Waals surface area (Å²) in [6, 6.07) is 0. The second-order valence-corrected chi connectivity index (χ2v) is 2.57. The zero-order chi connectivity index (χ0) is 9.68. The summed E-state index contributed by atoms with van der Waals surface area (Å²) in [6.45, 7) is 0.0966.